The molecule has 180 valence electrons. The van der Waals surface area contributed by atoms with Crippen LogP contribution in [0.1, 0.15) is 50.5 Å². The molecule has 0 spiro atoms. The average molecular weight is 476 g/mol. The van der Waals surface area contributed by atoms with Gasteiger partial charge in [0.05, 0.1) is 11.3 Å². The lowest BCUT2D eigenvalue weighted by Gasteiger charge is -2.35. The van der Waals surface area contributed by atoms with Crippen LogP contribution in [0.15, 0.2) is 24.3 Å². The van der Waals surface area contributed by atoms with Crippen LogP contribution in [-0.2, 0) is 21.0 Å². The maximum absolute atomic E-state index is 12.9. The van der Waals surface area contributed by atoms with Gasteiger partial charge in [-0.15, -0.1) is 0 Å². The number of piperazine rings is 1. The summed E-state index contributed by atoms with van der Waals surface area (Å²) in [5.74, 6) is 0.317. The van der Waals surface area contributed by atoms with Crippen LogP contribution in [0.5, 0.6) is 0 Å². The Morgan fingerprint density at radius 2 is 1.75 bits per heavy atom. The highest BCUT2D eigenvalue weighted by Gasteiger charge is 2.32. The number of carbonyl (C=O) groups is 1. The van der Waals surface area contributed by atoms with E-state index in [1.54, 1.807) is 11.0 Å². The van der Waals surface area contributed by atoms with Gasteiger partial charge in [-0.2, -0.15) is 17.5 Å². The number of halogens is 3. The van der Waals surface area contributed by atoms with Gasteiger partial charge in [0.1, 0.15) is 0 Å². The number of benzene rings is 1. The minimum absolute atomic E-state index is 0.0691. The largest absolute Gasteiger partial charge is 0.416 e. The fourth-order valence-electron chi connectivity index (χ4n) is 4.45. The topological polar surface area (TPSA) is 69.7 Å². The maximum Gasteiger partial charge on any atom is 0.416 e. The molecule has 2 aliphatic rings. The van der Waals surface area contributed by atoms with E-state index < -0.39 is 21.8 Å². The summed E-state index contributed by atoms with van der Waals surface area (Å²) in [4.78, 5) is 13.8. The van der Waals surface area contributed by atoms with E-state index in [4.69, 9.17) is 0 Å². The molecular weight excluding hydrogens is 443 g/mol. The minimum atomic E-state index is -4.41. The van der Waals surface area contributed by atoms with Crippen LogP contribution in [0.2, 0.25) is 0 Å². The van der Waals surface area contributed by atoms with E-state index >= 15 is 0 Å². The van der Waals surface area contributed by atoms with Crippen LogP contribution in [-0.4, -0.2) is 57.1 Å². The highest BCUT2D eigenvalue weighted by Crippen LogP contribution is 2.32. The second-order valence-electron chi connectivity index (χ2n) is 8.64. The molecule has 1 N–H and O–H groups in total. The van der Waals surface area contributed by atoms with Crippen LogP contribution in [0.4, 0.5) is 18.9 Å². The van der Waals surface area contributed by atoms with Crippen molar-refractivity contribution >= 4 is 21.6 Å². The quantitative estimate of drug-likeness (QED) is 0.623. The SMILES string of the molecule is O=C(CCC1CCCCC1)NCCS(=O)(=O)N1CCN(c2cccc(C(F)(F)F)c2)CC1. The van der Waals surface area contributed by atoms with Crippen molar-refractivity contribution in [3.05, 3.63) is 29.8 Å². The van der Waals surface area contributed by atoms with Gasteiger partial charge in [-0.1, -0.05) is 38.2 Å². The Morgan fingerprint density at radius 3 is 2.41 bits per heavy atom. The molecule has 6 nitrogen and oxygen atoms in total. The van der Waals surface area contributed by atoms with Gasteiger partial charge in [-0.3, -0.25) is 4.79 Å². The molecule has 0 aromatic heterocycles. The monoisotopic (exact) mass is 475 g/mol. The normalized spacial score (nSPS) is 19.2. The summed E-state index contributed by atoms with van der Waals surface area (Å²) < 4.78 is 65.4. The number of amides is 1. The molecule has 0 bridgehead atoms. The summed E-state index contributed by atoms with van der Waals surface area (Å²) in [5.41, 5.74) is -0.286. The molecule has 0 unspecified atom stereocenters. The van der Waals surface area contributed by atoms with Crippen LogP contribution in [0.3, 0.4) is 0 Å². The molecule has 3 rings (SSSR count). The third-order valence-electron chi connectivity index (χ3n) is 6.36. The zero-order valence-corrected chi connectivity index (χ0v) is 19.1. The van der Waals surface area contributed by atoms with Gasteiger partial charge in [0, 0.05) is 44.8 Å². The second-order valence-corrected chi connectivity index (χ2v) is 10.7. The number of nitrogens with zero attached hydrogens (tertiary/aromatic N) is 2. The summed E-state index contributed by atoms with van der Waals surface area (Å²) in [5, 5.41) is 2.71. The molecule has 32 heavy (non-hydrogen) atoms. The Hall–Kier alpha value is -1.81. The maximum atomic E-state index is 12.9. The number of alkyl halides is 3. The van der Waals surface area contributed by atoms with Crippen molar-refractivity contribution in [3.63, 3.8) is 0 Å². The summed E-state index contributed by atoms with van der Waals surface area (Å²) in [6.07, 6.45) is 2.95. The highest BCUT2D eigenvalue weighted by molar-refractivity contribution is 7.89. The molecule has 0 atom stereocenters. The summed E-state index contributed by atoms with van der Waals surface area (Å²) in [6.45, 7) is 1.10. The van der Waals surface area contributed by atoms with Crippen LogP contribution >= 0.6 is 0 Å². The van der Waals surface area contributed by atoms with Gasteiger partial charge in [0.15, 0.2) is 0 Å². The van der Waals surface area contributed by atoms with E-state index in [1.165, 1.54) is 42.5 Å². The molecule has 1 heterocycles. The molecule has 1 aliphatic carbocycles. The van der Waals surface area contributed by atoms with Crippen LogP contribution in [0.25, 0.3) is 0 Å². The lowest BCUT2D eigenvalue weighted by Crippen LogP contribution is -2.50. The average Bonchev–Trinajstić information content (AvgIpc) is 2.78. The third-order valence-corrected chi connectivity index (χ3v) is 8.23. The summed E-state index contributed by atoms with van der Waals surface area (Å²) in [6, 6.07) is 5.07. The van der Waals surface area contributed by atoms with E-state index in [1.807, 2.05) is 0 Å². The van der Waals surface area contributed by atoms with E-state index in [-0.39, 0.29) is 31.3 Å². The number of anilines is 1. The predicted molar refractivity (Wildman–Crippen MR) is 118 cm³/mol. The number of nitrogens with one attached hydrogen (secondary N) is 1. The standard InChI is InChI=1S/C22H32F3N3O3S/c23-22(24,25)19-7-4-8-20(17-19)27-12-14-28(15-13-27)32(30,31)16-11-26-21(29)10-9-18-5-2-1-3-6-18/h4,7-8,17-18H,1-3,5-6,9-16H2,(H,26,29). The number of hydrogen-bond donors (Lipinski definition) is 1. The second kappa shape index (κ2) is 10.9. The zero-order chi connectivity index (χ0) is 23.2. The Morgan fingerprint density at radius 1 is 1.06 bits per heavy atom. The van der Waals surface area contributed by atoms with Gasteiger partial charge >= 0.3 is 6.18 Å². The first-order chi connectivity index (χ1) is 15.1. The first-order valence-electron chi connectivity index (χ1n) is 11.3. The molecule has 1 aliphatic heterocycles. The van der Waals surface area contributed by atoms with Crippen LogP contribution < -0.4 is 10.2 Å². The van der Waals surface area contributed by atoms with Gasteiger partial charge in [-0.25, -0.2) is 8.42 Å². The fourth-order valence-corrected chi connectivity index (χ4v) is 5.79. The zero-order valence-electron chi connectivity index (χ0n) is 18.2. The molecular formula is C22H32F3N3O3S. The Kier molecular flexibility index (Phi) is 8.43. The highest BCUT2D eigenvalue weighted by atomic mass is 32.2. The smallest absolute Gasteiger partial charge is 0.369 e. The van der Waals surface area contributed by atoms with Crippen LogP contribution in [0, 0.1) is 5.92 Å². The lowest BCUT2D eigenvalue weighted by molar-refractivity contribution is -0.137. The van der Waals surface area contributed by atoms with Crippen molar-refractivity contribution in [1.29, 1.82) is 0 Å². The van der Waals surface area contributed by atoms with E-state index in [9.17, 15) is 26.4 Å². The molecule has 0 radical (unpaired) electrons. The summed E-state index contributed by atoms with van der Waals surface area (Å²) >= 11 is 0. The molecule has 1 aromatic rings. The first kappa shape index (κ1) is 24.8. The van der Waals surface area contributed by atoms with Crippen molar-refractivity contribution < 1.29 is 26.4 Å². The van der Waals surface area contributed by atoms with Crippen molar-refractivity contribution in [2.45, 2.75) is 51.1 Å². The number of carbonyl (C=O) groups excluding carboxylic acids is 1. The molecule has 1 amide bonds. The third kappa shape index (κ3) is 7.10. The number of hydrogen-bond acceptors (Lipinski definition) is 4. The van der Waals surface area contributed by atoms with E-state index in [0.29, 0.717) is 31.1 Å². The number of sulfonamides is 1. The molecule has 1 aromatic carbocycles. The van der Waals surface area contributed by atoms with Crippen molar-refractivity contribution in [2.75, 3.05) is 43.4 Å². The predicted octanol–water partition coefficient (Wildman–Crippen LogP) is 3.63. The minimum Gasteiger partial charge on any atom is -0.369 e. The van der Waals surface area contributed by atoms with Gasteiger partial charge in [0.2, 0.25) is 15.9 Å². The van der Waals surface area contributed by atoms with Gasteiger partial charge < -0.3 is 10.2 Å². The van der Waals surface area contributed by atoms with Gasteiger partial charge in [0.25, 0.3) is 0 Å². The van der Waals surface area contributed by atoms with Crippen molar-refractivity contribution in [3.8, 4) is 0 Å². The van der Waals surface area contributed by atoms with Gasteiger partial charge in [-0.05, 0) is 30.5 Å². The number of rotatable bonds is 8. The Bertz CT molecular complexity index is 863. The molecule has 1 saturated carbocycles. The Labute approximate surface area is 188 Å². The fraction of sp³-hybridized carbons (Fsp3) is 0.682. The van der Waals surface area contributed by atoms with E-state index in [0.717, 1.165) is 18.6 Å². The lowest BCUT2D eigenvalue weighted by atomic mass is 9.86. The first-order valence-corrected chi connectivity index (χ1v) is 12.9. The van der Waals surface area contributed by atoms with Crippen molar-refractivity contribution in [1.82, 2.24) is 9.62 Å². The molecule has 1 saturated heterocycles. The molecule has 10 heteroatoms. The Balaban J connectivity index is 1.41. The van der Waals surface area contributed by atoms with Crippen molar-refractivity contribution in [2.24, 2.45) is 5.92 Å². The summed E-state index contributed by atoms with van der Waals surface area (Å²) in [7, 11) is -3.54. The van der Waals surface area contributed by atoms with E-state index in [2.05, 4.69) is 5.32 Å². The molecule has 2 fully saturated rings.